The van der Waals surface area contributed by atoms with E-state index in [1.807, 2.05) is 11.8 Å². The number of hydrogen-bond donors (Lipinski definition) is 3. The summed E-state index contributed by atoms with van der Waals surface area (Å²) < 4.78 is 0. The van der Waals surface area contributed by atoms with Crippen LogP contribution >= 0.6 is 11.8 Å². The Bertz CT molecular complexity index is 268. The number of anilines is 1. The highest BCUT2D eigenvalue weighted by molar-refractivity contribution is 7.99. The third-order valence-corrected chi connectivity index (χ3v) is 3.12. The van der Waals surface area contributed by atoms with Gasteiger partial charge in [-0.05, 0) is 0 Å². The molecule has 72 valence electrons. The van der Waals surface area contributed by atoms with Gasteiger partial charge >= 0.3 is 0 Å². The largest absolute Gasteiger partial charge is 0.367 e. The predicted octanol–water partition coefficient (Wildman–Crippen LogP) is -0.366. The van der Waals surface area contributed by atoms with Crippen molar-refractivity contribution in [2.45, 2.75) is 12.5 Å². The quantitative estimate of drug-likeness (QED) is 0.606. The minimum absolute atomic E-state index is 0.332. The van der Waals surface area contributed by atoms with Crippen molar-refractivity contribution in [3.8, 4) is 0 Å². The molecule has 2 heterocycles. The Balaban J connectivity index is 1.89. The van der Waals surface area contributed by atoms with Crippen molar-refractivity contribution in [2.24, 2.45) is 0 Å². The minimum atomic E-state index is 0.332. The van der Waals surface area contributed by atoms with Crippen molar-refractivity contribution < 1.29 is 0 Å². The topological polar surface area (TPSA) is 79.6 Å². The molecule has 0 aromatic carbocycles. The minimum Gasteiger partial charge on any atom is -0.367 e. The van der Waals surface area contributed by atoms with Gasteiger partial charge in [-0.1, -0.05) is 0 Å². The molecule has 0 saturated carbocycles. The monoisotopic (exact) mass is 199 g/mol. The van der Waals surface area contributed by atoms with Gasteiger partial charge < -0.3 is 11.1 Å². The standard InChI is InChI=1S/C7H13N5S/c8-7-10-6(11-12-7)3-5-4-13-2-1-9-5/h5,9H,1-4H2,(H3,8,10,11,12). The highest BCUT2D eigenvalue weighted by Gasteiger charge is 2.14. The first kappa shape index (κ1) is 8.83. The van der Waals surface area contributed by atoms with Crippen LogP contribution in [0.2, 0.25) is 0 Å². The van der Waals surface area contributed by atoms with Gasteiger partial charge in [0.15, 0.2) is 0 Å². The number of H-pyrrole nitrogens is 1. The van der Waals surface area contributed by atoms with E-state index in [1.54, 1.807) is 0 Å². The van der Waals surface area contributed by atoms with Crippen molar-refractivity contribution in [1.82, 2.24) is 20.5 Å². The molecule has 1 fully saturated rings. The lowest BCUT2D eigenvalue weighted by atomic mass is 10.2. The van der Waals surface area contributed by atoms with E-state index in [2.05, 4.69) is 20.5 Å². The van der Waals surface area contributed by atoms with E-state index >= 15 is 0 Å². The predicted molar refractivity (Wildman–Crippen MR) is 53.6 cm³/mol. The maximum Gasteiger partial charge on any atom is 0.239 e. The number of nitrogens with two attached hydrogens (primary N) is 1. The molecule has 1 aromatic heterocycles. The summed E-state index contributed by atoms with van der Waals surface area (Å²) in [5, 5.41) is 10.0. The van der Waals surface area contributed by atoms with Gasteiger partial charge in [-0.2, -0.15) is 16.7 Å². The number of nitrogens with one attached hydrogen (secondary N) is 2. The Morgan fingerprint density at radius 1 is 1.62 bits per heavy atom. The summed E-state index contributed by atoms with van der Waals surface area (Å²) in [6.45, 7) is 1.08. The molecule has 0 radical (unpaired) electrons. The van der Waals surface area contributed by atoms with Crippen LogP contribution in [0.3, 0.4) is 0 Å². The van der Waals surface area contributed by atoms with Crippen LogP contribution in [0.5, 0.6) is 0 Å². The lowest BCUT2D eigenvalue weighted by molar-refractivity contribution is 0.551. The molecular weight excluding hydrogens is 186 g/mol. The molecule has 0 aliphatic carbocycles. The number of thioether (sulfide) groups is 1. The van der Waals surface area contributed by atoms with Crippen LogP contribution in [0.4, 0.5) is 5.95 Å². The summed E-state index contributed by atoms with van der Waals surface area (Å²) in [6.07, 6.45) is 0.886. The zero-order valence-electron chi connectivity index (χ0n) is 7.29. The van der Waals surface area contributed by atoms with Crippen LogP contribution in [0.25, 0.3) is 0 Å². The summed E-state index contributed by atoms with van der Waals surface area (Å²) in [5.74, 6) is 3.55. The maximum absolute atomic E-state index is 5.40. The first-order chi connectivity index (χ1) is 6.34. The molecule has 5 nitrogen and oxygen atoms in total. The molecule has 0 amide bonds. The fourth-order valence-corrected chi connectivity index (χ4v) is 2.33. The van der Waals surface area contributed by atoms with E-state index in [0.29, 0.717) is 12.0 Å². The normalized spacial score (nSPS) is 23.2. The lowest BCUT2D eigenvalue weighted by Crippen LogP contribution is -2.39. The van der Waals surface area contributed by atoms with Crippen LogP contribution in [0.1, 0.15) is 5.82 Å². The first-order valence-corrected chi connectivity index (χ1v) is 5.48. The third kappa shape index (κ3) is 2.35. The summed E-state index contributed by atoms with van der Waals surface area (Å²) in [6, 6.07) is 0.506. The molecule has 1 saturated heterocycles. The summed E-state index contributed by atoms with van der Waals surface area (Å²) >= 11 is 1.97. The number of hydrogen-bond acceptors (Lipinski definition) is 5. The van der Waals surface area contributed by atoms with Crippen molar-refractivity contribution in [3.05, 3.63) is 5.82 Å². The number of nitrogens with zero attached hydrogens (tertiary/aromatic N) is 2. The van der Waals surface area contributed by atoms with Gasteiger partial charge in [-0.25, -0.2) is 0 Å². The smallest absolute Gasteiger partial charge is 0.239 e. The molecule has 0 spiro atoms. The van der Waals surface area contributed by atoms with Crippen LogP contribution < -0.4 is 11.1 Å². The first-order valence-electron chi connectivity index (χ1n) is 4.32. The van der Waals surface area contributed by atoms with Gasteiger partial charge in [0.1, 0.15) is 5.82 Å². The van der Waals surface area contributed by atoms with Crippen molar-refractivity contribution in [2.75, 3.05) is 23.8 Å². The van der Waals surface area contributed by atoms with E-state index in [4.69, 9.17) is 5.73 Å². The van der Waals surface area contributed by atoms with Gasteiger partial charge in [0.05, 0.1) is 0 Å². The molecule has 1 aliphatic rings. The molecule has 6 heteroatoms. The summed E-state index contributed by atoms with van der Waals surface area (Å²) in [4.78, 5) is 4.07. The summed E-state index contributed by atoms with van der Waals surface area (Å²) in [7, 11) is 0. The van der Waals surface area contributed by atoms with E-state index in [9.17, 15) is 0 Å². The van der Waals surface area contributed by atoms with Crippen LogP contribution in [-0.4, -0.2) is 39.3 Å². The highest BCUT2D eigenvalue weighted by Crippen LogP contribution is 2.10. The molecule has 1 aliphatic heterocycles. The van der Waals surface area contributed by atoms with Gasteiger partial charge in [0, 0.05) is 30.5 Å². The van der Waals surface area contributed by atoms with Gasteiger partial charge in [-0.3, -0.25) is 5.10 Å². The second-order valence-electron chi connectivity index (χ2n) is 3.07. The van der Waals surface area contributed by atoms with Crippen LogP contribution in [0, 0.1) is 0 Å². The van der Waals surface area contributed by atoms with Gasteiger partial charge in [0.2, 0.25) is 5.95 Å². The van der Waals surface area contributed by atoms with E-state index in [-0.39, 0.29) is 0 Å². The Labute approximate surface area is 80.9 Å². The van der Waals surface area contributed by atoms with Crippen LogP contribution in [-0.2, 0) is 6.42 Å². The SMILES string of the molecule is Nc1n[nH]c(CC2CSCCN2)n1. The number of nitrogen functional groups attached to an aromatic ring is 1. The molecular formula is C7H13N5S. The van der Waals surface area contributed by atoms with Crippen molar-refractivity contribution >= 4 is 17.7 Å². The van der Waals surface area contributed by atoms with Gasteiger partial charge in [-0.15, -0.1) is 5.10 Å². The number of aromatic amines is 1. The zero-order valence-corrected chi connectivity index (χ0v) is 8.10. The molecule has 2 rings (SSSR count). The average molecular weight is 199 g/mol. The molecule has 0 bridgehead atoms. The third-order valence-electron chi connectivity index (χ3n) is 1.99. The van der Waals surface area contributed by atoms with Crippen molar-refractivity contribution in [3.63, 3.8) is 0 Å². The number of rotatable bonds is 2. The van der Waals surface area contributed by atoms with E-state index < -0.39 is 0 Å². The van der Waals surface area contributed by atoms with Gasteiger partial charge in [0.25, 0.3) is 0 Å². The molecule has 13 heavy (non-hydrogen) atoms. The Morgan fingerprint density at radius 2 is 2.54 bits per heavy atom. The second-order valence-corrected chi connectivity index (χ2v) is 4.22. The number of aromatic nitrogens is 3. The fourth-order valence-electron chi connectivity index (χ4n) is 1.39. The maximum atomic E-state index is 5.40. The highest BCUT2D eigenvalue weighted by atomic mass is 32.2. The lowest BCUT2D eigenvalue weighted by Gasteiger charge is -2.21. The Kier molecular flexibility index (Phi) is 2.70. The average Bonchev–Trinajstić information content (AvgIpc) is 2.53. The van der Waals surface area contributed by atoms with Crippen molar-refractivity contribution in [1.29, 1.82) is 0 Å². The Morgan fingerprint density at radius 3 is 3.15 bits per heavy atom. The molecule has 1 unspecified atom stereocenters. The molecule has 4 N–H and O–H groups in total. The molecule has 1 atom stereocenters. The second kappa shape index (κ2) is 3.97. The summed E-state index contributed by atoms with van der Waals surface area (Å²) in [5.41, 5.74) is 5.40. The van der Waals surface area contributed by atoms with E-state index in [0.717, 1.165) is 24.5 Å². The molecule has 1 aromatic rings. The Hall–Kier alpha value is -0.750. The van der Waals surface area contributed by atoms with E-state index in [1.165, 1.54) is 5.75 Å². The fraction of sp³-hybridized carbons (Fsp3) is 0.714. The zero-order chi connectivity index (χ0) is 9.10. The van der Waals surface area contributed by atoms with Crippen LogP contribution in [0.15, 0.2) is 0 Å².